The van der Waals surface area contributed by atoms with Crippen molar-refractivity contribution in [2.45, 2.75) is 66.0 Å². The summed E-state index contributed by atoms with van der Waals surface area (Å²) in [6.07, 6.45) is 0.298. The fourth-order valence-corrected chi connectivity index (χ4v) is 2.44. The third-order valence-corrected chi connectivity index (χ3v) is 3.62. The number of carbonyl (C=O) groups is 2. The van der Waals surface area contributed by atoms with Crippen LogP contribution in [0.25, 0.3) is 0 Å². The molecule has 0 fully saturated rings. The minimum atomic E-state index is -0.545. The molecule has 1 unspecified atom stereocenters. The molecule has 0 aromatic heterocycles. The van der Waals surface area contributed by atoms with Crippen LogP contribution in [0.2, 0.25) is 0 Å². The summed E-state index contributed by atoms with van der Waals surface area (Å²) in [5, 5.41) is 5.65. The lowest BCUT2D eigenvalue weighted by Crippen LogP contribution is -2.37. The zero-order valence-corrected chi connectivity index (χ0v) is 16.6. The van der Waals surface area contributed by atoms with E-state index in [0.717, 1.165) is 5.56 Å². The number of hydrogen-bond donors (Lipinski definition) is 2. The van der Waals surface area contributed by atoms with Crippen LogP contribution >= 0.6 is 0 Å². The molecule has 0 saturated heterocycles. The summed E-state index contributed by atoms with van der Waals surface area (Å²) in [4.78, 5) is 23.8. The van der Waals surface area contributed by atoms with Crippen LogP contribution < -0.4 is 10.6 Å². The highest BCUT2D eigenvalue weighted by Crippen LogP contribution is 2.32. The maximum atomic E-state index is 13.2. The molecule has 2 N–H and O–H groups in total. The van der Waals surface area contributed by atoms with E-state index < -0.39 is 11.7 Å². The highest BCUT2D eigenvalue weighted by atomic mass is 19.1. The van der Waals surface area contributed by atoms with Crippen LogP contribution in [-0.2, 0) is 9.53 Å². The summed E-state index contributed by atoms with van der Waals surface area (Å²) in [6, 6.07) is 5.94. The van der Waals surface area contributed by atoms with Gasteiger partial charge in [0.15, 0.2) is 0 Å². The third kappa shape index (κ3) is 8.32. The molecular weight excluding hydrogens is 335 g/mol. The van der Waals surface area contributed by atoms with Gasteiger partial charge in [-0.15, -0.1) is 0 Å². The second-order valence-corrected chi connectivity index (χ2v) is 8.45. The number of nitrogens with one attached hydrogen (secondary N) is 2. The lowest BCUT2D eigenvalue weighted by Gasteiger charge is -2.32. The molecule has 1 aromatic rings. The Kier molecular flexibility index (Phi) is 7.60. The van der Waals surface area contributed by atoms with Gasteiger partial charge in [0, 0.05) is 13.0 Å². The summed E-state index contributed by atoms with van der Waals surface area (Å²) < 4.78 is 18.3. The number of halogens is 1. The quantitative estimate of drug-likeness (QED) is 0.736. The van der Waals surface area contributed by atoms with Crippen molar-refractivity contribution in [2.75, 3.05) is 6.54 Å². The molecule has 0 bridgehead atoms. The van der Waals surface area contributed by atoms with E-state index in [2.05, 4.69) is 10.6 Å². The Labute approximate surface area is 155 Å². The minimum absolute atomic E-state index is 0.111. The van der Waals surface area contributed by atoms with E-state index >= 15 is 0 Å². The third-order valence-electron chi connectivity index (χ3n) is 3.62. The van der Waals surface area contributed by atoms with Crippen molar-refractivity contribution in [3.05, 3.63) is 35.6 Å². The van der Waals surface area contributed by atoms with Crippen molar-refractivity contribution in [2.24, 2.45) is 5.41 Å². The monoisotopic (exact) mass is 366 g/mol. The SMILES string of the molecule is CC(C)(C)OC(=O)NCCCC(=O)NC(c1ccc(F)cc1)C(C)(C)C. The fourth-order valence-electron chi connectivity index (χ4n) is 2.44. The Morgan fingerprint density at radius 2 is 1.65 bits per heavy atom. The number of rotatable bonds is 6. The molecule has 0 aliphatic carbocycles. The molecule has 0 saturated carbocycles. The van der Waals surface area contributed by atoms with Crippen molar-refractivity contribution < 1.29 is 18.7 Å². The van der Waals surface area contributed by atoms with Crippen LogP contribution in [0.15, 0.2) is 24.3 Å². The van der Waals surface area contributed by atoms with E-state index in [4.69, 9.17) is 4.74 Å². The van der Waals surface area contributed by atoms with Gasteiger partial charge in [0.1, 0.15) is 11.4 Å². The molecule has 0 radical (unpaired) electrons. The average molecular weight is 366 g/mol. The van der Waals surface area contributed by atoms with Crippen LogP contribution in [0.1, 0.15) is 66.0 Å². The number of ether oxygens (including phenoxy) is 1. The van der Waals surface area contributed by atoms with E-state index in [0.29, 0.717) is 13.0 Å². The molecule has 0 aliphatic rings. The minimum Gasteiger partial charge on any atom is -0.444 e. The maximum absolute atomic E-state index is 13.2. The molecular formula is C20H31FN2O3. The molecule has 0 heterocycles. The van der Waals surface area contributed by atoms with E-state index in [-0.39, 0.29) is 29.6 Å². The Morgan fingerprint density at radius 1 is 1.08 bits per heavy atom. The average Bonchev–Trinajstić information content (AvgIpc) is 2.47. The summed E-state index contributed by atoms with van der Waals surface area (Å²) in [5.74, 6) is -0.416. The van der Waals surface area contributed by atoms with E-state index in [9.17, 15) is 14.0 Å². The first kappa shape index (κ1) is 21.9. The van der Waals surface area contributed by atoms with Gasteiger partial charge in [-0.3, -0.25) is 4.79 Å². The van der Waals surface area contributed by atoms with Crippen LogP contribution in [0.5, 0.6) is 0 Å². The first-order valence-electron chi connectivity index (χ1n) is 8.90. The van der Waals surface area contributed by atoms with Gasteiger partial charge in [0.05, 0.1) is 6.04 Å². The summed E-state index contributed by atoms with van der Waals surface area (Å²) in [6.45, 7) is 11.8. The zero-order valence-electron chi connectivity index (χ0n) is 16.6. The van der Waals surface area contributed by atoms with Gasteiger partial charge >= 0.3 is 6.09 Å². The van der Waals surface area contributed by atoms with Gasteiger partial charge in [-0.25, -0.2) is 9.18 Å². The highest BCUT2D eigenvalue weighted by molar-refractivity contribution is 5.76. The molecule has 0 aliphatic heterocycles. The lowest BCUT2D eigenvalue weighted by atomic mass is 9.82. The van der Waals surface area contributed by atoms with Gasteiger partial charge in [-0.1, -0.05) is 32.9 Å². The van der Waals surface area contributed by atoms with Crippen LogP contribution in [0.3, 0.4) is 0 Å². The van der Waals surface area contributed by atoms with Crippen LogP contribution in [0.4, 0.5) is 9.18 Å². The van der Waals surface area contributed by atoms with E-state index in [1.54, 1.807) is 32.9 Å². The van der Waals surface area contributed by atoms with Gasteiger partial charge in [-0.2, -0.15) is 0 Å². The van der Waals surface area contributed by atoms with Crippen LogP contribution in [-0.4, -0.2) is 24.1 Å². The lowest BCUT2D eigenvalue weighted by molar-refractivity contribution is -0.122. The summed E-state index contributed by atoms with van der Waals surface area (Å²) >= 11 is 0. The molecule has 26 heavy (non-hydrogen) atoms. The first-order chi connectivity index (χ1) is 11.9. The molecule has 146 valence electrons. The smallest absolute Gasteiger partial charge is 0.407 e. The molecule has 0 spiro atoms. The molecule has 1 aromatic carbocycles. The molecule has 1 atom stereocenters. The van der Waals surface area contributed by atoms with Gasteiger partial charge < -0.3 is 15.4 Å². The van der Waals surface area contributed by atoms with Gasteiger partial charge in [-0.05, 0) is 50.3 Å². The number of benzene rings is 1. The number of hydrogen-bond acceptors (Lipinski definition) is 3. The van der Waals surface area contributed by atoms with Gasteiger partial charge in [0.2, 0.25) is 5.91 Å². The zero-order chi connectivity index (χ0) is 20.0. The highest BCUT2D eigenvalue weighted by Gasteiger charge is 2.27. The van der Waals surface area contributed by atoms with Crippen molar-refractivity contribution in [3.8, 4) is 0 Å². The maximum Gasteiger partial charge on any atom is 0.407 e. The molecule has 1 rings (SSSR count). The van der Waals surface area contributed by atoms with Crippen molar-refractivity contribution >= 4 is 12.0 Å². The van der Waals surface area contributed by atoms with Crippen LogP contribution in [0, 0.1) is 11.2 Å². The predicted molar refractivity (Wildman–Crippen MR) is 100 cm³/mol. The predicted octanol–water partition coefficient (Wildman–Crippen LogP) is 4.33. The Bertz CT molecular complexity index is 601. The number of carbonyl (C=O) groups excluding carboxylic acids is 2. The first-order valence-corrected chi connectivity index (χ1v) is 8.90. The number of amides is 2. The van der Waals surface area contributed by atoms with E-state index in [1.165, 1.54) is 12.1 Å². The molecule has 6 heteroatoms. The Morgan fingerprint density at radius 3 is 2.15 bits per heavy atom. The standard InChI is InChI=1S/C20H31FN2O3/c1-19(2,3)17(14-9-11-15(21)12-10-14)23-16(24)8-7-13-22-18(25)26-20(4,5)6/h9-12,17H,7-8,13H2,1-6H3,(H,22,25)(H,23,24). The van der Waals surface area contributed by atoms with Crippen molar-refractivity contribution in [1.82, 2.24) is 10.6 Å². The van der Waals surface area contributed by atoms with Gasteiger partial charge in [0.25, 0.3) is 0 Å². The Balaban J connectivity index is 2.50. The second-order valence-electron chi connectivity index (χ2n) is 8.45. The summed E-state index contributed by atoms with van der Waals surface area (Å²) in [7, 11) is 0. The topological polar surface area (TPSA) is 67.4 Å². The molecule has 2 amide bonds. The van der Waals surface area contributed by atoms with Crippen molar-refractivity contribution in [1.29, 1.82) is 0 Å². The normalized spacial score (nSPS) is 13.0. The largest absolute Gasteiger partial charge is 0.444 e. The number of alkyl carbamates (subject to hydrolysis) is 1. The van der Waals surface area contributed by atoms with E-state index in [1.807, 2.05) is 20.8 Å². The van der Waals surface area contributed by atoms with Crippen molar-refractivity contribution in [3.63, 3.8) is 0 Å². The second kappa shape index (κ2) is 9.01. The molecule has 5 nitrogen and oxygen atoms in total. The Hall–Kier alpha value is -2.11. The fraction of sp³-hybridized carbons (Fsp3) is 0.600. The summed E-state index contributed by atoms with van der Waals surface area (Å²) in [5.41, 5.74) is 0.0952.